The number of anilines is 1. The second-order valence-corrected chi connectivity index (χ2v) is 6.01. The summed E-state index contributed by atoms with van der Waals surface area (Å²) in [6.07, 6.45) is 3.72. The first-order chi connectivity index (χ1) is 10.1. The van der Waals surface area contributed by atoms with Crippen LogP contribution >= 0.6 is 0 Å². The van der Waals surface area contributed by atoms with Crippen LogP contribution in [-0.4, -0.2) is 0 Å². The van der Waals surface area contributed by atoms with Crippen LogP contribution in [0.15, 0.2) is 42.5 Å². The monoisotopic (exact) mass is 281 g/mol. The summed E-state index contributed by atoms with van der Waals surface area (Å²) in [6.45, 7) is 8.77. The smallest absolute Gasteiger partial charge is 0.0485 e. The first-order valence-electron chi connectivity index (χ1n) is 8.02. The van der Waals surface area contributed by atoms with Gasteiger partial charge in [-0.05, 0) is 68.0 Å². The number of benzene rings is 2. The van der Waals surface area contributed by atoms with Crippen molar-refractivity contribution in [3.05, 3.63) is 64.7 Å². The predicted octanol–water partition coefficient (Wildman–Crippen LogP) is 5.82. The third-order valence-electron chi connectivity index (χ3n) is 4.19. The molecule has 0 spiro atoms. The zero-order chi connectivity index (χ0) is 15.2. The maximum absolute atomic E-state index is 3.59. The molecule has 0 saturated heterocycles. The highest BCUT2D eigenvalue weighted by Crippen LogP contribution is 2.22. The number of unbranched alkanes of at least 4 members (excludes halogenated alkanes) is 1. The third kappa shape index (κ3) is 4.35. The normalized spacial score (nSPS) is 12.2. The van der Waals surface area contributed by atoms with Crippen molar-refractivity contribution in [2.45, 2.75) is 53.0 Å². The number of rotatable bonds is 6. The van der Waals surface area contributed by atoms with Gasteiger partial charge in [0.15, 0.2) is 0 Å². The Labute approximate surface area is 129 Å². The van der Waals surface area contributed by atoms with Crippen molar-refractivity contribution >= 4 is 5.69 Å². The minimum absolute atomic E-state index is 0.326. The highest BCUT2D eigenvalue weighted by Gasteiger charge is 2.06. The molecule has 1 atom stereocenters. The van der Waals surface area contributed by atoms with Gasteiger partial charge in [-0.1, -0.05) is 43.7 Å². The van der Waals surface area contributed by atoms with Gasteiger partial charge in [0, 0.05) is 11.7 Å². The summed E-state index contributed by atoms with van der Waals surface area (Å²) < 4.78 is 0. The van der Waals surface area contributed by atoms with Gasteiger partial charge in [-0.25, -0.2) is 0 Å². The Kier molecular flexibility index (Phi) is 5.44. The molecule has 0 aliphatic heterocycles. The molecule has 1 heteroatoms. The van der Waals surface area contributed by atoms with E-state index >= 15 is 0 Å². The van der Waals surface area contributed by atoms with Crippen LogP contribution in [0, 0.1) is 13.8 Å². The van der Waals surface area contributed by atoms with Gasteiger partial charge in [-0.3, -0.25) is 0 Å². The van der Waals surface area contributed by atoms with E-state index in [0.717, 1.165) is 0 Å². The quantitative estimate of drug-likeness (QED) is 0.703. The molecule has 0 bridgehead atoms. The van der Waals surface area contributed by atoms with Crippen LogP contribution in [0.3, 0.4) is 0 Å². The van der Waals surface area contributed by atoms with Crippen molar-refractivity contribution in [3.63, 3.8) is 0 Å². The molecule has 2 rings (SSSR count). The summed E-state index contributed by atoms with van der Waals surface area (Å²) in [5.41, 5.74) is 6.66. The lowest BCUT2D eigenvalue weighted by Gasteiger charge is -2.17. The molecule has 0 radical (unpaired) electrons. The van der Waals surface area contributed by atoms with Crippen LogP contribution in [0.5, 0.6) is 0 Å². The van der Waals surface area contributed by atoms with Gasteiger partial charge in [0.2, 0.25) is 0 Å². The summed E-state index contributed by atoms with van der Waals surface area (Å²) in [6, 6.07) is 15.9. The van der Waals surface area contributed by atoms with E-state index in [1.54, 1.807) is 0 Å². The molecule has 112 valence electrons. The van der Waals surface area contributed by atoms with Crippen LogP contribution in [0.4, 0.5) is 5.69 Å². The fourth-order valence-electron chi connectivity index (χ4n) is 2.52. The summed E-state index contributed by atoms with van der Waals surface area (Å²) in [7, 11) is 0. The maximum atomic E-state index is 3.59. The molecule has 1 N–H and O–H groups in total. The molecule has 1 nitrogen and oxygen atoms in total. The zero-order valence-electron chi connectivity index (χ0n) is 13.7. The van der Waals surface area contributed by atoms with E-state index < -0.39 is 0 Å². The van der Waals surface area contributed by atoms with Gasteiger partial charge in [0.05, 0.1) is 0 Å². The molecule has 0 aromatic heterocycles. The Balaban J connectivity index is 2.02. The van der Waals surface area contributed by atoms with Crippen LogP contribution < -0.4 is 5.32 Å². The van der Waals surface area contributed by atoms with Gasteiger partial charge >= 0.3 is 0 Å². The average Bonchev–Trinajstić information content (AvgIpc) is 2.49. The topological polar surface area (TPSA) is 12.0 Å². The van der Waals surface area contributed by atoms with Crippen LogP contribution in [0.1, 0.15) is 55.0 Å². The number of hydrogen-bond donors (Lipinski definition) is 1. The molecule has 2 aromatic rings. The van der Waals surface area contributed by atoms with Gasteiger partial charge in [0.25, 0.3) is 0 Å². The van der Waals surface area contributed by atoms with Crippen molar-refractivity contribution in [2.24, 2.45) is 0 Å². The van der Waals surface area contributed by atoms with E-state index in [-0.39, 0.29) is 0 Å². The summed E-state index contributed by atoms with van der Waals surface area (Å²) in [5, 5.41) is 3.59. The summed E-state index contributed by atoms with van der Waals surface area (Å²) >= 11 is 0. The lowest BCUT2D eigenvalue weighted by molar-refractivity contribution is 0.793. The first kappa shape index (κ1) is 15.6. The Hall–Kier alpha value is -1.76. The molecule has 0 amide bonds. The van der Waals surface area contributed by atoms with E-state index in [0.29, 0.717) is 6.04 Å². The minimum atomic E-state index is 0.326. The van der Waals surface area contributed by atoms with Crippen LogP contribution in [0.25, 0.3) is 0 Å². The van der Waals surface area contributed by atoms with E-state index in [1.807, 2.05) is 0 Å². The number of nitrogens with one attached hydrogen (secondary N) is 1. The van der Waals surface area contributed by atoms with Crippen LogP contribution in [0.2, 0.25) is 0 Å². The van der Waals surface area contributed by atoms with E-state index in [2.05, 4.69) is 75.5 Å². The summed E-state index contributed by atoms with van der Waals surface area (Å²) in [4.78, 5) is 0. The maximum Gasteiger partial charge on any atom is 0.0485 e. The Morgan fingerprint density at radius 3 is 2.29 bits per heavy atom. The van der Waals surface area contributed by atoms with Gasteiger partial charge in [-0.2, -0.15) is 0 Å². The lowest BCUT2D eigenvalue weighted by Crippen LogP contribution is -2.07. The largest absolute Gasteiger partial charge is 0.379 e. The molecule has 0 fully saturated rings. The second-order valence-electron chi connectivity index (χ2n) is 6.01. The first-order valence-corrected chi connectivity index (χ1v) is 8.02. The van der Waals surface area contributed by atoms with E-state index in [9.17, 15) is 0 Å². The van der Waals surface area contributed by atoms with Gasteiger partial charge < -0.3 is 5.32 Å². The molecule has 1 unspecified atom stereocenters. The van der Waals surface area contributed by atoms with Gasteiger partial charge in [-0.15, -0.1) is 0 Å². The predicted molar refractivity (Wildman–Crippen MR) is 93.0 cm³/mol. The van der Waals surface area contributed by atoms with E-state index in [1.165, 1.54) is 47.2 Å². The van der Waals surface area contributed by atoms with Crippen molar-refractivity contribution in [1.29, 1.82) is 0 Å². The second kappa shape index (κ2) is 7.31. The highest BCUT2D eigenvalue weighted by molar-refractivity contribution is 5.49. The Morgan fingerprint density at radius 1 is 0.952 bits per heavy atom. The van der Waals surface area contributed by atoms with E-state index in [4.69, 9.17) is 0 Å². The van der Waals surface area contributed by atoms with Crippen molar-refractivity contribution in [1.82, 2.24) is 0 Å². The van der Waals surface area contributed by atoms with Crippen LogP contribution in [-0.2, 0) is 6.42 Å². The van der Waals surface area contributed by atoms with Crippen molar-refractivity contribution < 1.29 is 0 Å². The molecule has 2 aromatic carbocycles. The number of aryl methyl sites for hydroxylation is 3. The zero-order valence-corrected chi connectivity index (χ0v) is 13.7. The highest BCUT2D eigenvalue weighted by atomic mass is 14.9. The van der Waals surface area contributed by atoms with Gasteiger partial charge in [0.1, 0.15) is 0 Å². The lowest BCUT2D eigenvalue weighted by atomic mass is 10.0. The fourth-order valence-corrected chi connectivity index (χ4v) is 2.52. The summed E-state index contributed by atoms with van der Waals surface area (Å²) in [5.74, 6) is 0. The molecule has 0 saturated carbocycles. The minimum Gasteiger partial charge on any atom is -0.379 e. The molecule has 0 heterocycles. The molecular weight excluding hydrogens is 254 g/mol. The standard InChI is InChI=1S/C20H27N/c1-5-6-7-18-9-11-19(12-10-18)17(4)21-20-13-8-15(2)16(3)14-20/h8-14,17,21H,5-7H2,1-4H3. The molecular formula is C20H27N. The molecule has 0 aliphatic carbocycles. The molecule has 21 heavy (non-hydrogen) atoms. The van der Waals surface area contributed by atoms with Crippen molar-refractivity contribution in [2.75, 3.05) is 5.32 Å². The third-order valence-corrected chi connectivity index (χ3v) is 4.19. The van der Waals surface area contributed by atoms with Crippen molar-refractivity contribution in [3.8, 4) is 0 Å². The Morgan fingerprint density at radius 2 is 1.67 bits per heavy atom. The number of hydrogen-bond acceptors (Lipinski definition) is 1. The average molecular weight is 281 g/mol. The SMILES string of the molecule is CCCCc1ccc(C(C)Nc2ccc(C)c(C)c2)cc1. The fraction of sp³-hybridized carbons (Fsp3) is 0.400. The Bertz CT molecular complexity index is 569. The molecule has 0 aliphatic rings.